The van der Waals surface area contributed by atoms with Gasteiger partial charge in [-0.2, -0.15) is 0 Å². The lowest BCUT2D eigenvalue weighted by Gasteiger charge is -2.27. The van der Waals surface area contributed by atoms with E-state index in [1.807, 2.05) is 63.4 Å². The molecule has 0 aliphatic heterocycles. The molecule has 140 valence electrons. The van der Waals surface area contributed by atoms with Crippen LogP contribution in [0.25, 0.3) is 0 Å². The molecule has 0 spiro atoms. The molecule has 0 radical (unpaired) electrons. The van der Waals surface area contributed by atoms with Crippen LogP contribution in [-0.4, -0.2) is 36.2 Å². The van der Waals surface area contributed by atoms with E-state index in [0.29, 0.717) is 18.5 Å². The van der Waals surface area contributed by atoms with Gasteiger partial charge in [0.05, 0.1) is 5.60 Å². The quantitative estimate of drug-likeness (QED) is 0.761. The van der Waals surface area contributed by atoms with Crippen molar-refractivity contribution in [2.75, 3.05) is 18.5 Å². The molecule has 4 heteroatoms. The van der Waals surface area contributed by atoms with Gasteiger partial charge >= 0.3 is 0 Å². The molecule has 1 atom stereocenters. The van der Waals surface area contributed by atoms with Crippen LogP contribution in [0, 0.1) is 0 Å². The molecule has 0 saturated carbocycles. The first-order valence-electron chi connectivity index (χ1n) is 9.14. The van der Waals surface area contributed by atoms with Crippen LogP contribution in [0.15, 0.2) is 54.6 Å². The van der Waals surface area contributed by atoms with Crippen molar-refractivity contribution in [3.8, 4) is 0 Å². The second kappa shape index (κ2) is 8.86. The Morgan fingerprint density at radius 1 is 1.12 bits per heavy atom. The molecule has 0 saturated heterocycles. The van der Waals surface area contributed by atoms with Crippen LogP contribution < -0.4 is 10.2 Å². The maximum Gasteiger partial charge on any atom is 0.251 e. The molecule has 1 amide bonds. The minimum Gasteiger partial charge on any atom is -0.390 e. The summed E-state index contributed by atoms with van der Waals surface area (Å²) in [4.78, 5) is 14.5. The second-order valence-corrected chi connectivity index (χ2v) is 7.51. The molecule has 0 bridgehead atoms. The van der Waals surface area contributed by atoms with E-state index in [9.17, 15) is 9.90 Å². The van der Waals surface area contributed by atoms with E-state index in [1.54, 1.807) is 0 Å². The molecule has 0 aromatic heterocycles. The Kier molecular flexibility index (Phi) is 6.81. The number of anilines is 1. The number of hydrogen-bond donors (Lipinski definition) is 2. The summed E-state index contributed by atoms with van der Waals surface area (Å²) in [7, 11) is 2.03. The van der Waals surface area contributed by atoms with Crippen LogP contribution in [0.5, 0.6) is 0 Å². The predicted molar refractivity (Wildman–Crippen MR) is 108 cm³/mol. The van der Waals surface area contributed by atoms with Gasteiger partial charge in [0.2, 0.25) is 0 Å². The highest BCUT2D eigenvalue weighted by atomic mass is 16.3. The van der Waals surface area contributed by atoms with Crippen LogP contribution in [0.3, 0.4) is 0 Å². The van der Waals surface area contributed by atoms with Gasteiger partial charge in [-0.1, -0.05) is 30.3 Å². The standard InChI is InChI=1S/C22H30N2O2/c1-17(24(4)20-8-6-5-7-9-20)16-23-21(25)19-12-10-18(11-13-19)14-15-22(2,3)26/h5-13,17,26H,14-16H2,1-4H3,(H,23,25). The van der Waals surface area contributed by atoms with Crippen LogP contribution in [0.4, 0.5) is 5.69 Å². The first-order chi connectivity index (χ1) is 12.3. The zero-order chi connectivity index (χ0) is 19.2. The number of amides is 1. The third-order valence-electron chi connectivity index (χ3n) is 4.62. The summed E-state index contributed by atoms with van der Waals surface area (Å²) >= 11 is 0. The molecular formula is C22H30N2O2. The molecule has 2 N–H and O–H groups in total. The Labute approximate surface area is 156 Å². The number of rotatable bonds is 8. The Balaban J connectivity index is 1.85. The smallest absolute Gasteiger partial charge is 0.251 e. The van der Waals surface area contributed by atoms with Gasteiger partial charge in [-0.05, 0) is 63.4 Å². The zero-order valence-corrected chi connectivity index (χ0v) is 16.2. The summed E-state index contributed by atoms with van der Waals surface area (Å²) in [5.74, 6) is -0.0626. The van der Waals surface area contributed by atoms with Crippen molar-refractivity contribution in [3.05, 3.63) is 65.7 Å². The van der Waals surface area contributed by atoms with E-state index in [1.165, 1.54) is 0 Å². The van der Waals surface area contributed by atoms with Crippen molar-refractivity contribution in [1.29, 1.82) is 0 Å². The Morgan fingerprint density at radius 2 is 1.73 bits per heavy atom. The minimum atomic E-state index is -0.670. The number of aryl methyl sites for hydroxylation is 1. The summed E-state index contributed by atoms with van der Waals surface area (Å²) < 4.78 is 0. The average molecular weight is 354 g/mol. The van der Waals surface area contributed by atoms with Crippen molar-refractivity contribution in [2.24, 2.45) is 0 Å². The van der Waals surface area contributed by atoms with Gasteiger partial charge < -0.3 is 15.3 Å². The number of nitrogens with one attached hydrogen (secondary N) is 1. The SMILES string of the molecule is CC(CNC(=O)c1ccc(CCC(C)(C)O)cc1)N(C)c1ccccc1. The van der Waals surface area contributed by atoms with Crippen molar-refractivity contribution >= 4 is 11.6 Å². The maximum atomic E-state index is 12.4. The molecule has 0 aliphatic carbocycles. The summed E-state index contributed by atoms with van der Waals surface area (Å²) in [6.45, 7) is 6.28. The van der Waals surface area contributed by atoms with Gasteiger partial charge in [0.15, 0.2) is 0 Å². The first-order valence-corrected chi connectivity index (χ1v) is 9.14. The van der Waals surface area contributed by atoms with Gasteiger partial charge in [0.25, 0.3) is 5.91 Å². The number of carbonyl (C=O) groups excluding carboxylic acids is 1. The predicted octanol–water partition coefficient (Wildman–Crippen LogP) is 3.64. The number of carbonyl (C=O) groups is 1. The lowest BCUT2D eigenvalue weighted by Crippen LogP contribution is -2.40. The molecule has 26 heavy (non-hydrogen) atoms. The largest absolute Gasteiger partial charge is 0.390 e. The molecule has 4 nitrogen and oxygen atoms in total. The van der Waals surface area contributed by atoms with Gasteiger partial charge in [-0.3, -0.25) is 4.79 Å². The fourth-order valence-electron chi connectivity index (χ4n) is 2.67. The highest BCUT2D eigenvalue weighted by molar-refractivity contribution is 5.94. The number of likely N-dealkylation sites (N-methyl/N-ethyl adjacent to an activating group) is 1. The highest BCUT2D eigenvalue weighted by Gasteiger charge is 2.14. The Morgan fingerprint density at radius 3 is 2.31 bits per heavy atom. The van der Waals surface area contributed by atoms with E-state index < -0.39 is 5.60 Å². The van der Waals surface area contributed by atoms with E-state index in [2.05, 4.69) is 29.3 Å². The van der Waals surface area contributed by atoms with Crippen molar-refractivity contribution < 1.29 is 9.90 Å². The van der Waals surface area contributed by atoms with Crippen LogP contribution in [0.1, 0.15) is 43.1 Å². The first kappa shape index (κ1) is 20.0. The molecule has 0 aliphatic rings. The molecule has 0 heterocycles. The lowest BCUT2D eigenvalue weighted by molar-refractivity contribution is 0.0713. The number of aliphatic hydroxyl groups is 1. The van der Waals surface area contributed by atoms with Gasteiger partial charge in [-0.15, -0.1) is 0 Å². The van der Waals surface area contributed by atoms with Gasteiger partial charge in [0.1, 0.15) is 0 Å². The molecule has 2 rings (SSSR count). The van der Waals surface area contributed by atoms with E-state index >= 15 is 0 Å². The fourth-order valence-corrected chi connectivity index (χ4v) is 2.67. The van der Waals surface area contributed by atoms with E-state index in [4.69, 9.17) is 0 Å². The van der Waals surface area contributed by atoms with Crippen LogP contribution in [-0.2, 0) is 6.42 Å². The van der Waals surface area contributed by atoms with E-state index in [0.717, 1.165) is 17.7 Å². The monoisotopic (exact) mass is 354 g/mol. The number of para-hydroxylation sites is 1. The number of benzene rings is 2. The molecule has 0 fully saturated rings. The molecule has 2 aromatic carbocycles. The molecule has 1 unspecified atom stereocenters. The summed E-state index contributed by atoms with van der Waals surface area (Å²) in [5, 5.41) is 12.8. The summed E-state index contributed by atoms with van der Waals surface area (Å²) in [6, 6.07) is 17.9. The third kappa shape index (κ3) is 6.19. The van der Waals surface area contributed by atoms with Crippen LogP contribution in [0.2, 0.25) is 0 Å². The average Bonchev–Trinajstić information content (AvgIpc) is 2.64. The van der Waals surface area contributed by atoms with Crippen molar-refractivity contribution in [1.82, 2.24) is 5.32 Å². The van der Waals surface area contributed by atoms with Gasteiger partial charge in [-0.25, -0.2) is 0 Å². The topological polar surface area (TPSA) is 52.6 Å². The third-order valence-corrected chi connectivity index (χ3v) is 4.62. The highest BCUT2D eigenvalue weighted by Crippen LogP contribution is 2.15. The fraction of sp³-hybridized carbons (Fsp3) is 0.409. The lowest BCUT2D eigenvalue weighted by atomic mass is 9.98. The second-order valence-electron chi connectivity index (χ2n) is 7.51. The normalized spacial score (nSPS) is 12.5. The maximum absolute atomic E-state index is 12.4. The summed E-state index contributed by atoms with van der Waals surface area (Å²) in [6.07, 6.45) is 1.49. The van der Waals surface area contributed by atoms with Gasteiger partial charge in [0, 0.05) is 30.9 Å². The summed E-state index contributed by atoms with van der Waals surface area (Å²) in [5.41, 5.74) is 2.24. The Bertz CT molecular complexity index is 690. The molecule has 2 aromatic rings. The zero-order valence-electron chi connectivity index (χ0n) is 16.2. The van der Waals surface area contributed by atoms with Crippen molar-refractivity contribution in [3.63, 3.8) is 0 Å². The molecular weight excluding hydrogens is 324 g/mol. The van der Waals surface area contributed by atoms with Crippen molar-refractivity contribution in [2.45, 2.75) is 45.3 Å². The number of nitrogens with zero attached hydrogens (tertiary/aromatic N) is 1. The minimum absolute atomic E-state index is 0.0626. The number of hydrogen-bond acceptors (Lipinski definition) is 3. The van der Waals surface area contributed by atoms with E-state index in [-0.39, 0.29) is 11.9 Å². The Hall–Kier alpha value is -2.33. The van der Waals surface area contributed by atoms with Crippen LogP contribution >= 0.6 is 0 Å².